The normalized spacial score (nSPS) is 10.8. The average Bonchev–Trinajstić information content (AvgIpc) is 2.82. The topological polar surface area (TPSA) is 56.2 Å². The van der Waals surface area contributed by atoms with E-state index in [-0.39, 0.29) is 0 Å². The lowest BCUT2D eigenvalue weighted by Gasteiger charge is -2.01. The van der Waals surface area contributed by atoms with Crippen molar-refractivity contribution >= 4 is 23.5 Å². The molecule has 2 aromatic carbocycles. The molecule has 88 valence electrons. The van der Waals surface area contributed by atoms with Crippen LogP contribution in [0.2, 0.25) is 0 Å². The molecule has 0 saturated heterocycles. The van der Waals surface area contributed by atoms with Gasteiger partial charge < -0.3 is 15.0 Å². The van der Waals surface area contributed by atoms with Gasteiger partial charge in [0.2, 0.25) is 0 Å². The van der Waals surface area contributed by atoms with Crippen molar-refractivity contribution in [2.45, 2.75) is 0 Å². The summed E-state index contributed by atoms with van der Waals surface area (Å²) >= 11 is 0. The highest BCUT2D eigenvalue weighted by molar-refractivity contribution is 6.58. The number of aromatic nitrogens is 1. The van der Waals surface area contributed by atoms with Gasteiger partial charge in [-0.1, -0.05) is 42.5 Å². The van der Waals surface area contributed by atoms with Crippen LogP contribution in [0.25, 0.3) is 22.2 Å². The minimum atomic E-state index is -1.42. The number of rotatable bonds is 2. The maximum Gasteiger partial charge on any atom is 0.488 e. The summed E-state index contributed by atoms with van der Waals surface area (Å²) in [6.45, 7) is 0. The van der Waals surface area contributed by atoms with Crippen LogP contribution in [-0.2, 0) is 0 Å². The summed E-state index contributed by atoms with van der Waals surface area (Å²) < 4.78 is 0. The molecule has 0 aliphatic rings. The Bertz CT molecular complexity index is 641. The number of para-hydroxylation sites is 1. The Balaban J connectivity index is 2.03. The van der Waals surface area contributed by atoms with E-state index in [0.29, 0.717) is 5.46 Å². The van der Waals surface area contributed by atoms with E-state index in [1.165, 1.54) is 5.39 Å². The van der Waals surface area contributed by atoms with E-state index in [2.05, 4.69) is 17.1 Å². The van der Waals surface area contributed by atoms with Crippen LogP contribution < -0.4 is 5.46 Å². The van der Waals surface area contributed by atoms with Crippen molar-refractivity contribution in [2.24, 2.45) is 0 Å². The highest BCUT2D eigenvalue weighted by Crippen LogP contribution is 2.23. The van der Waals surface area contributed by atoms with Crippen molar-refractivity contribution < 1.29 is 10.0 Å². The van der Waals surface area contributed by atoms with Crippen molar-refractivity contribution in [1.29, 1.82) is 0 Å². The lowest BCUT2D eigenvalue weighted by molar-refractivity contribution is 0.426. The molecule has 3 rings (SSSR count). The third kappa shape index (κ3) is 1.92. The zero-order chi connectivity index (χ0) is 12.5. The molecule has 4 heteroatoms. The lowest BCUT2D eigenvalue weighted by atomic mass is 9.80. The largest absolute Gasteiger partial charge is 0.488 e. The molecule has 0 aliphatic heterocycles. The first-order chi connectivity index (χ1) is 8.74. The first-order valence-electron chi connectivity index (χ1n) is 5.78. The van der Waals surface area contributed by atoms with E-state index in [1.54, 1.807) is 12.1 Å². The highest BCUT2D eigenvalue weighted by atomic mass is 16.4. The number of nitrogens with one attached hydrogen (secondary N) is 1. The van der Waals surface area contributed by atoms with Gasteiger partial charge in [0.15, 0.2) is 0 Å². The first kappa shape index (κ1) is 11.1. The van der Waals surface area contributed by atoms with Crippen molar-refractivity contribution in [3.8, 4) is 11.3 Å². The van der Waals surface area contributed by atoms with Gasteiger partial charge >= 0.3 is 7.12 Å². The summed E-state index contributed by atoms with van der Waals surface area (Å²) in [6.07, 6.45) is 0. The molecule has 0 amide bonds. The lowest BCUT2D eigenvalue weighted by Crippen LogP contribution is -2.29. The standard InChI is InChI=1S/C14H12BNO2/c17-15(18)12-7-5-10(6-8-12)14-9-11-3-1-2-4-13(11)16-14/h1-9,16-18H. The molecule has 1 heterocycles. The number of benzene rings is 2. The molecular formula is C14H12BNO2. The monoisotopic (exact) mass is 237 g/mol. The van der Waals surface area contributed by atoms with Gasteiger partial charge in [0.05, 0.1) is 0 Å². The predicted octanol–water partition coefficient (Wildman–Crippen LogP) is 1.51. The molecule has 0 fully saturated rings. The van der Waals surface area contributed by atoms with Crippen molar-refractivity contribution in [3.05, 3.63) is 54.6 Å². The fraction of sp³-hybridized carbons (Fsp3) is 0. The summed E-state index contributed by atoms with van der Waals surface area (Å²) in [6, 6.07) is 17.3. The van der Waals surface area contributed by atoms with Gasteiger partial charge in [0.1, 0.15) is 0 Å². The Morgan fingerprint density at radius 1 is 0.889 bits per heavy atom. The Hall–Kier alpha value is -2.04. The van der Waals surface area contributed by atoms with E-state index in [4.69, 9.17) is 10.0 Å². The second-order valence-corrected chi connectivity index (χ2v) is 4.27. The fourth-order valence-corrected chi connectivity index (χ4v) is 2.06. The molecule has 0 saturated carbocycles. The van der Waals surface area contributed by atoms with Crippen molar-refractivity contribution in [3.63, 3.8) is 0 Å². The second-order valence-electron chi connectivity index (χ2n) is 4.27. The van der Waals surface area contributed by atoms with Gasteiger partial charge in [-0.15, -0.1) is 0 Å². The van der Waals surface area contributed by atoms with E-state index < -0.39 is 7.12 Å². The van der Waals surface area contributed by atoms with Crippen LogP contribution >= 0.6 is 0 Å². The molecular weight excluding hydrogens is 225 g/mol. The van der Waals surface area contributed by atoms with Gasteiger partial charge in [-0.2, -0.15) is 0 Å². The molecule has 0 bridgehead atoms. The van der Waals surface area contributed by atoms with Gasteiger partial charge in [-0.25, -0.2) is 0 Å². The Morgan fingerprint density at radius 2 is 1.61 bits per heavy atom. The molecule has 18 heavy (non-hydrogen) atoms. The van der Waals surface area contributed by atoms with Gasteiger partial charge in [0.25, 0.3) is 0 Å². The van der Waals surface area contributed by atoms with E-state index in [9.17, 15) is 0 Å². The maximum atomic E-state index is 9.05. The smallest absolute Gasteiger partial charge is 0.423 e. The zero-order valence-electron chi connectivity index (χ0n) is 9.67. The minimum absolute atomic E-state index is 0.495. The molecule has 0 spiro atoms. The third-order valence-corrected chi connectivity index (χ3v) is 3.05. The number of fused-ring (bicyclic) bond motifs is 1. The minimum Gasteiger partial charge on any atom is -0.423 e. The third-order valence-electron chi connectivity index (χ3n) is 3.05. The van der Waals surface area contributed by atoms with E-state index in [1.807, 2.05) is 30.3 Å². The Kier molecular flexibility index (Phi) is 2.66. The summed E-state index contributed by atoms with van der Waals surface area (Å²) in [5.74, 6) is 0. The Labute approximate surface area is 105 Å². The van der Waals surface area contributed by atoms with Gasteiger partial charge in [-0.3, -0.25) is 0 Å². The molecule has 0 radical (unpaired) electrons. The van der Waals surface area contributed by atoms with Crippen molar-refractivity contribution in [2.75, 3.05) is 0 Å². The summed E-state index contributed by atoms with van der Waals surface area (Å²) in [5, 5.41) is 19.3. The highest BCUT2D eigenvalue weighted by Gasteiger charge is 2.10. The zero-order valence-corrected chi connectivity index (χ0v) is 9.67. The van der Waals surface area contributed by atoms with E-state index >= 15 is 0 Å². The second kappa shape index (κ2) is 4.33. The number of aromatic amines is 1. The fourth-order valence-electron chi connectivity index (χ4n) is 2.06. The number of hydrogen-bond donors (Lipinski definition) is 3. The SMILES string of the molecule is OB(O)c1ccc(-c2cc3ccccc3[nH]2)cc1. The Morgan fingerprint density at radius 3 is 2.28 bits per heavy atom. The van der Waals surface area contributed by atoms with Crippen LogP contribution in [0.4, 0.5) is 0 Å². The molecule has 3 N–H and O–H groups in total. The molecule has 0 atom stereocenters. The number of hydrogen-bond acceptors (Lipinski definition) is 2. The van der Waals surface area contributed by atoms with Crippen LogP contribution in [0.5, 0.6) is 0 Å². The summed E-state index contributed by atoms with van der Waals surface area (Å²) in [5.41, 5.74) is 3.64. The molecule has 0 unspecified atom stereocenters. The molecule has 1 aromatic heterocycles. The summed E-state index contributed by atoms with van der Waals surface area (Å²) in [4.78, 5) is 3.34. The number of H-pyrrole nitrogens is 1. The van der Waals surface area contributed by atoms with Crippen LogP contribution in [0.15, 0.2) is 54.6 Å². The van der Waals surface area contributed by atoms with Crippen LogP contribution in [-0.4, -0.2) is 22.2 Å². The van der Waals surface area contributed by atoms with Gasteiger partial charge in [-0.05, 0) is 23.2 Å². The summed E-state index contributed by atoms with van der Waals surface area (Å²) in [7, 11) is -1.42. The first-order valence-corrected chi connectivity index (χ1v) is 5.78. The molecule has 3 aromatic rings. The average molecular weight is 237 g/mol. The van der Waals surface area contributed by atoms with Gasteiger partial charge in [0, 0.05) is 16.6 Å². The molecule has 0 aliphatic carbocycles. The van der Waals surface area contributed by atoms with Crippen LogP contribution in [0, 0.1) is 0 Å². The van der Waals surface area contributed by atoms with Crippen molar-refractivity contribution in [1.82, 2.24) is 4.98 Å². The van der Waals surface area contributed by atoms with Crippen LogP contribution in [0.3, 0.4) is 0 Å². The predicted molar refractivity (Wildman–Crippen MR) is 73.6 cm³/mol. The maximum absolute atomic E-state index is 9.05. The quantitative estimate of drug-likeness (QED) is 0.592. The molecule has 3 nitrogen and oxygen atoms in total. The van der Waals surface area contributed by atoms with E-state index in [0.717, 1.165) is 16.8 Å². The van der Waals surface area contributed by atoms with Crippen LogP contribution in [0.1, 0.15) is 0 Å².